The van der Waals surface area contributed by atoms with Crippen molar-refractivity contribution in [1.29, 1.82) is 0 Å². The maximum Gasteiger partial charge on any atom is 0.264 e. The summed E-state index contributed by atoms with van der Waals surface area (Å²) < 4.78 is 10.2. The molecule has 120 valence electrons. The van der Waals surface area contributed by atoms with Crippen LogP contribution in [0.2, 0.25) is 0 Å². The molecule has 0 bridgehead atoms. The van der Waals surface area contributed by atoms with Gasteiger partial charge >= 0.3 is 0 Å². The predicted octanol–water partition coefficient (Wildman–Crippen LogP) is 0.757. The number of ether oxygens (including phenoxy) is 2. The third kappa shape index (κ3) is 6.51. The van der Waals surface area contributed by atoms with Gasteiger partial charge < -0.3 is 9.47 Å². The maximum absolute atomic E-state index is 12.0. The summed E-state index contributed by atoms with van der Waals surface area (Å²) in [5.41, 5.74) is 5.13. The lowest BCUT2D eigenvalue weighted by Gasteiger charge is -2.11. The van der Waals surface area contributed by atoms with Gasteiger partial charge in [-0.15, -0.1) is 0 Å². The maximum atomic E-state index is 12.0. The first-order valence-corrected chi connectivity index (χ1v) is 7.18. The number of benzene rings is 1. The van der Waals surface area contributed by atoms with E-state index in [-0.39, 0.29) is 11.7 Å². The first kappa shape index (κ1) is 17.9. The average Bonchev–Trinajstić information content (AvgIpc) is 2.51. The average molecular weight is 325 g/mol. The fourth-order valence-electron chi connectivity index (χ4n) is 1.46. The summed E-state index contributed by atoms with van der Waals surface area (Å²) in [4.78, 5) is 23.3. The minimum absolute atomic E-state index is 0.0170. The number of hydrogen-bond donors (Lipinski definition) is 3. The molecule has 0 saturated heterocycles. The van der Waals surface area contributed by atoms with Crippen molar-refractivity contribution in [3.8, 4) is 5.75 Å². The number of rotatable bonds is 6. The molecule has 0 radical (unpaired) electrons. The second-order valence-electron chi connectivity index (χ2n) is 4.05. The second-order valence-corrected chi connectivity index (χ2v) is 4.46. The molecule has 0 heterocycles. The van der Waals surface area contributed by atoms with E-state index in [0.29, 0.717) is 24.5 Å². The van der Waals surface area contributed by atoms with Crippen molar-refractivity contribution >= 4 is 29.1 Å². The first-order chi connectivity index (χ1) is 10.6. The van der Waals surface area contributed by atoms with Crippen molar-refractivity contribution in [3.05, 3.63) is 29.8 Å². The molecule has 1 aromatic carbocycles. The van der Waals surface area contributed by atoms with Gasteiger partial charge in [-0.3, -0.25) is 25.8 Å². The Bertz CT molecular complexity index is 537. The molecule has 0 atom stereocenters. The van der Waals surface area contributed by atoms with Crippen LogP contribution in [-0.2, 0) is 9.53 Å². The van der Waals surface area contributed by atoms with Crippen molar-refractivity contribution in [2.75, 3.05) is 19.8 Å². The van der Waals surface area contributed by atoms with Gasteiger partial charge in [0.05, 0.1) is 6.61 Å². The van der Waals surface area contributed by atoms with Crippen molar-refractivity contribution in [2.24, 2.45) is 0 Å². The lowest BCUT2D eigenvalue weighted by molar-refractivity contribution is -0.126. The summed E-state index contributed by atoms with van der Waals surface area (Å²) in [6.07, 6.45) is 0. The highest BCUT2D eigenvalue weighted by Crippen LogP contribution is 2.12. The van der Waals surface area contributed by atoms with Crippen LogP contribution in [0.5, 0.6) is 5.75 Å². The van der Waals surface area contributed by atoms with Crippen LogP contribution in [0, 0.1) is 0 Å². The topological polar surface area (TPSA) is 88.7 Å². The Hall–Kier alpha value is -2.19. The van der Waals surface area contributed by atoms with Gasteiger partial charge in [0.1, 0.15) is 12.4 Å². The number of thiocarbonyl (C=S) groups is 1. The monoisotopic (exact) mass is 325 g/mol. The Kier molecular flexibility index (Phi) is 7.87. The molecular formula is C14H19N3O4S. The second kappa shape index (κ2) is 9.69. The summed E-state index contributed by atoms with van der Waals surface area (Å²) >= 11 is 4.92. The first-order valence-electron chi connectivity index (χ1n) is 6.77. The van der Waals surface area contributed by atoms with Gasteiger partial charge in [-0.05, 0) is 44.3 Å². The van der Waals surface area contributed by atoms with E-state index in [1.165, 1.54) is 0 Å². The van der Waals surface area contributed by atoms with Crippen molar-refractivity contribution in [3.63, 3.8) is 0 Å². The zero-order valence-corrected chi connectivity index (χ0v) is 13.3. The molecule has 1 aromatic rings. The summed E-state index contributed by atoms with van der Waals surface area (Å²) in [6.45, 7) is 4.50. The Morgan fingerprint density at radius 2 is 1.95 bits per heavy atom. The molecular weight excluding hydrogens is 306 g/mol. The van der Waals surface area contributed by atoms with E-state index in [9.17, 15) is 9.59 Å². The van der Waals surface area contributed by atoms with Crippen molar-refractivity contribution < 1.29 is 19.1 Å². The zero-order chi connectivity index (χ0) is 16.4. The van der Waals surface area contributed by atoms with Crippen LogP contribution in [0.4, 0.5) is 0 Å². The van der Waals surface area contributed by atoms with Crippen molar-refractivity contribution in [1.82, 2.24) is 16.2 Å². The quantitative estimate of drug-likeness (QED) is 0.528. The van der Waals surface area contributed by atoms with Crippen LogP contribution >= 0.6 is 12.2 Å². The number of carbonyl (C=O) groups is 2. The molecule has 8 heteroatoms. The highest BCUT2D eigenvalue weighted by atomic mass is 32.1. The lowest BCUT2D eigenvalue weighted by Crippen LogP contribution is -2.49. The molecule has 0 saturated carbocycles. The van der Waals surface area contributed by atoms with Crippen LogP contribution in [0.3, 0.4) is 0 Å². The lowest BCUT2D eigenvalue weighted by atomic mass is 10.2. The van der Waals surface area contributed by atoms with Gasteiger partial charge in [0.25, 0.3) is 11.8 Å². The normalized spacial score (nSPS) is 9.73. The van der Waals surface area contributed by atoms with Crippen LogP contribution in [-0.4, -0.2) is 36.7 Å². The fraction of sp³-hybridized carbons (Fsp3) is 0.357. The van der Waals surface area contributed by atoms with Gasteiger partial charge in [-0.2, -0.15) is 0 Å². The Labute approximate surface area is 134 Å². The van der Waals surface area contributed by atoms with E-state index in [4.69, 9.17) is 21.7 Å². The molecule has 0 unspecified atom stereocenters. The van der Waals surface area contributed by atoms with E-state index in [0.717, 1.165) is 0 Å². The third-order valence-corrected chi connectivity index (χ3v) is 2.59. The molecule has 0 fully saturated rings. The molecule has 0 aliphatic carbocycles. The molecule has 7 nitrogen and oxygen atoms in total. The molecule has 0 aliphatic heterocycles. The van der Waals surface area contributed by atoms with E-state index in [1.807, 2.05) is 6.92 Å². The summed E-state index contributed by atoms with van der Waals surface area (Å²) in [6, 6.07) is 6.70. The molecule has 0 aliphatic rings. The Balaban J connectivity index is 2.45. The minimum Gasteiger partial charge on any atom is -0.494 e. The smallest absolute Gasteiger partial charge is 0.264 e. The van der Waals surface area contributed by atoms with Gasteiger partial charge in [0.15, 0.2) is 5.11 Å². The molecule has 2 amide bonds. The molecule has 0 aromatic heterocycles. The SMILES string of the molecule is CCOCC(=O)NNC(=S)NC(=O)c1cccc(OCC)c1. The highest BCUT2D eigenvalue weighted by molar-refractivity contribution is 7.80. The van der Waals surface area contributed by atoms with Crippen LogP contribution in [0.1, 0.15) is 24.2 Å². The van der Waals surface area contributed by atoms with E-state index in [2.05, 4.69) is 16.2 Å². The predicted molar refractivity (Wildman–Crippen MR) is 85.4 cm³/mol. The van der Waals surface area contributed by atoms with Gasteiger partial charge in [0.2, 0.25) is 0 Å². The molecule has 3 N–H and O–H groups in total. The van der Waals surface area contributed by atoms with Gasteiger partial charge in [-0.1, -0.05) is 6.07 Å². The summed E-state index contributed by atoms with van der Waals surface area (Å²) in [7, 11) is 0. The number of hydrazine groups is 1. The summed E-state index contributed by atoms with van der Waals surface area (Å²) in [5.74, 6) is -0.200. The van der Waals surface area contributed by atoms with Gasteiger partial charge in [0, 0.05) is 12.2 Å². The van der Waals surface area contributed by atoms with E-state index >= 15 is 0 Å². The van der Waals surface area contributed by atoms with Crippen LogP contribution < -0.4 is 20.9 Å². The number of nitrogens with one attached hydrogen (secondary N) is 3. The minimum atomic E-state index is -0.405. The van der Waals surface area contributed by atoms with Crippen LogP contribution in [0.25, 0.3) is 0 Å². The third-order valence-electron chi connectivity index (χ3n) is 2.39. The number of amides is 2. The number of carbonyl (C=O) groups excluding carboxylic acids is 2. The van der Waals surface area contributed by atoms with Crippen LogP contribution in [0.15, 0.2) is 24.3 Å². The summed E-state index contributed by atoms with van der Waals surface area (Å²) in [5, 5.41) is 2.43. The number of hydrogen-bond acceptors (Lipinski definition) is 5. The van der Waals surface area contributed by atoms with E-state index < -0.39 is 11.8 Å². The zero-order valence-electron chi connectivity index (χ0n) is 12.5. The van der Waals surface area contributed by atoms with Crippen molar-refractivity contribution in [2.45, 2.75) is 13.8 Å². The molecule has 1 rings (SSSR count). The Morgan fingerprint density at radius 3 is 2.64 bits per heavy atom. The Morgan fingerprint density at radius 1 is 1.18 bits per heavy atom. The molecule has 22 heavy (non-hydrogen) atoms. The molecule has 0 spiro atoms. The van der Waals surface area contributed by atoms with Gasteiger partial charge in [-0.25, -0.2) is 0 Å². The fourth-order valence-corrected chi connectivity index (χ4v) is 1.60. The standard InChI is InChI=1S/C14H19N3O4S/c1-3-20-9-12(18)16-17-14(22)15-13(19)10-6-5-7-11(8-10)21-4-2/h5-8H,3-4,9H2,1-2H3,(H,16,18)(H2,15,17,19,22). The van der Waals surface area contributed by atoms with E-state index in [1.54, 1.807) is 31.2 Å². The largest absolute Gasteiger partial charge is 0.494 e. The highest BCUT2D eigenvalue weighted by Gasteiger charge is 2.09.